The number of likely N-dealkylation sites (tertiary alicyclic amines) is 2. The molecule has 2 aliphatic heterocycles. The van der Waals surface area contributed by atoms with Crippen LogP contribution < -0.4 is 5.32 Å². The van der Waals surface area contributed by atoms with E-state index in [-0.39, 0.29) is 17.9 Å². The topological polar surface area (TPSA) is 70.0 Å². The maximum atomic E-state index is 13.2. The number of amides is 2. The maximum Gasteiger partial charge on any atom is 0.272 e. The lowest BCUT2D eigenvalue weighted by molar-refractivity contribution is 0.0729. The zero-order chi connectivity index (χ0) is 22.6. The Morgan fingerprint density at radius 1 is 0.939 bits per heavy atom. The molecule has 33 heavy (non-hydrogen) atoms. The zero-order valence-electron chi connectivity index (χ0n) is 18.9. The lowest BCUT2D eigenvalue weighted by Gasteiger charge is -2.26. The molecule has 172 valence electrons. The van der Waals surface area contributed by atoms with Crippen LogP contribution in [0.25, 0.3) is 5.52 Å². The van der Waals surface area contributed by atoms with E-state index < -0.39 is 0 Å². The summed E-state index contributed by atoms with van der Waals surface area (Å²) in [5, 5.41) is 3.07. The Kier molecular flexibility index (Phi) is 6.39. The number of aromatic nitrogens is 2. The lowest BCUT2D eigenvalue weighted by atomic mass is 10.1. The quantitative estimate of drug-likeness (QED) is 0.630. The third kappa shape index (κ3) is 4.50. The molecule has 0 saturated carbocycles. The Hall–Kier alpha value is -3.19. The highest BCUT2D eigenvalue weighted by Gasteiger charge is 2.34. The first-order valence-corrected chi connectivity index (χ1v) is 12.1. The number of imidazole rings is 1. The molecular weight excluding hydrogens is 414 g/mol. The van der Waals surface area contributed by atoms with Crippen LogP contribution in [0.3, 0.4) is 0 Å². The van der Waals surface area contributed by atoms with E-state index in [9.17, 15) is 9.59 Å². The van der Waals surface area contributed by atoms with E-state index in [1.807, 2.05) is 64.0 Å². The summed E-state index contributed by atoms with van der Waals surface area (Å²) in [5.41, 5.74) is 1.89. The van der Waals surface area contributed by atoms with Crippen molar-refractivity contribution in [3.63, 3.8) is 0 Å². The number of fused-ring (bicyclic) bond motifs is 1. The molecule has 0 unspecified atom stereocenters. The molecule has 5 rings (SSSR count). The molecule has 7 nitrogen and oxygen atoms in total. The second-order valence-electron chi connectivity index (χ2n) is 8.96. The number of piperidine rings is 1. The number of hydrogen-bond acceptors (Lipinski definition) is 4. The van der Waals surface area contributed by atoms with Crippen LogP contribution in [0.5, 0.6) is 0 Å². The molecule has 0 radical (unpaired) electrons. The van der Waals surface area contributed by atoms with E-state index in [0.29, 0.717) is 24.3 Å². The third-order valence-corrected chi connectivity index (χ3v) is 6.79. The number of nitrogens with zero attached hydrogens (tertiary/aromatic N) is 4. The van der Waals surface area contributed by atoms with E-state index in [1.165, 1.54) is 19.3 Å². The van der Waals surface area contributed by atoms with Crippen LogP contribution in [0.15, 0.2) is 54.7 Å². The molecule has 7 heteroatoms. The van der Waals surface area contributed by atoms with Crippen LogP contribution in [0.1, 0.15) is 64.8 Å². The fourth-order valence-corrected chi connectivity index (χ4v) is 5.08. The molecule has 2 fully saturated rings. The molecule has 4 heterocycles. The molecule has 0 spiro atoms. The van der Waals surface area contributed by atoms with Gasteiger partial charge in [0.05, 0.1) is 11.6 Å². The van der Waals surface area contributed by atoms with Crippen molar-refractivity contribution < 1.29 is 9.59 Å². The molecular formula is C26H31N5O2. The second kappa shape index (κ2) is 9.75. The predicted molar refractivity (Wildman–Crippen MR) is 127 cm³/mol. The highest BCUT2D eigenvalue weighted by molar-refractivity contribution is 5.99. The van der Waals surface area contributed by atoms with E-state index in [2.05, 4.69) is 10.2 Å². The standard InChI is InChI=1S/C26H31N5O2/c32-25(27-14-19-29-15-6-2-7-16-29)23-21-12-5-8-17-30(21)24(28-23)22-13-9-18-31(22)26(33)20-10-3-1-4-11-20/h1,3-5,8,10-12,17,22H,2,6-7,9,13-16,18-19H2,(H,27,32)/t22-/m1/s1. The van der Waals surface area contributed by atoms with Crippen LogP contribution >= 0.6 is 0 Å². The normalized spacial score (nSPS) is 19.2. The van der Waals surface area contributed by atoms with Crippen molar-refractivity contribution in [1.29, 1.82) is 0 Å². The summed E-state index contributed by atoms with van der Waals surface area (Å²) in [7, 11) is 0. The Balaban J connectivity index is 1.36. The van der Waals surface area contributed by atoms with Crippen LogP contribution in [0.4, 0.5) is 0 Å². The van der Waals surface area contributed by atoms with Crippen molar-refractivity contribution in [1.82, 2.24) is 24.5 Å². The Morgan fingerprint density at radius 3 is 2.55 bits per heavy atom. The van der Waals surface area contributed by atoms with E-state index in [1.54, 1.807) is 0 Å². The van der Waals surface area contributed by atoms with E-state index >= 15 is 0 Å². The number of benzene rings is 1. The van der Waals surface area contributed by atoms with Crippen molar-refractivity contribution in [2.75, 3.05) is 32.7 Å². The third-order valence-electron chi connectivity index (χ3n) is 6.79. The minimum absolute atomic E-state index is 0.0123. The first kappa shape index (κ1) is 21.6. The summed E-state index contributed by atoms with van der Waals surface area (Å²) < 4.78 is 1.97. The molecule has 1 N–H and O–H groups in total. The maximum absolute atomic E-state index is 13.2. The van der Waals surface area contributed by atoms with Crippen molar-refractivity contribution in [2.24, 2.45) is 0 Å². The summed E-state index contributed by atoms with van der Waals surface area (Å²) in [6, 6.07) is 15.0. The zero-order valence-corrected chi connectivity index (χ0v) is 18.9. The average Bonchev–Trinajstić information content (AvgIpc) is 3.50. The number of rotatable bonds is 6. The summed E-state index contributed by atoms with van der Waals surface area (Å²) in [4.78, 5) is 35.4. The smallest absolute Gasteiger partial charge is 0.272 e. The first-order chi connectivity index (χ1) is 16.2. The fourth-order valence-electron chi connectivity index (χ4n) is 5.08. The largest absolute Gasteiger partial charge is 0.349 e. The van der Waals surface area contributed by atoms with Crippen molar-refractivity contribution >= 4 is 17.3 Å². The molecule has 2 aliphatic rings. The van der Waals surface area contributed by atoms with E-state index in [0.717, 1.165) is 43.8 Å². The van der Waals surface area contributed by atoms with Gasteiger partial charge in [0, 0.05) is 31.4 Å². The van der Waals surface area contributed by atoms with Gasteiger partial charge in [-0.25, -0.2) is 4.98 Å². The molecule has 1 aromatic carbocycles. The van der Waals surface area contributed by atoms with Crippen molar-refractivity contribution in [3.05, 3.63) is 71.8 Å². The number of pyridine rings is 1. The predicted octanol–water partition coefficient (Wildman–Crippen LogP) is 3.53. The SMILES string of the molecule is O=C(NCCN1CCCCC1)c1nc([C@H]2CCCN2C(=O)c2ccccc2)n2ccccc12. The van der Waals surface area contributed by atoms with Gasteiger partial charge in [0.15, 0.2) is 5.69 Å². The van der Waals surface area contributed by atoms with Gasteiger partial charge in [-0.3, -0.25) is 9.59 Å². The monoisotopic (exact) mass is 445 g/mol. The van der Waals surface area contributed by atoms with Gasteiger partial charge in [-0.15, -0.1) is 0 Å². The van der Waals surface area contributed by atoms with Gasteiger partial charge >= 0.3 is 0 Å². The van der Waals surface area contributed by atoms with Gasteiger partial charge in [0.25, 0.3) is 11.8 Å². The molecule has 3 aromatic rings. The average molecular weight is 446 g/mol. The Morgan fingerprint density at radius 2 is 1.73 bits per heavy atom. The molecule has 0 aliphatic carbocycles. The second-order valence-corrected chi connectivity index (χ2v) is 8.96. The number of carbonyl (C=O) groups is 2. The first-order valence-electron chi connectivity index (χ1n) is 12.1. The molecule has 2 aromatic heterocycles. The highest BCUT2D eigenvalue weighted by Crippen LogP contribution is 2.33. The van der Waals surface area contributed by atoms with Crippen molar-refractivity contribution in [2.45, 2.75) is 38.1 Å². The summed E-state index contributed by atoms with van der Waals surface area (Å²) in [6.07, 6.45) is 7.47. The highest BCUT2D eigenvalue weighted by atomic mass is 16.2. The summed E-state index contributed by atoms with van der Waals surface area (Å²) in [6.45, 7) is 4.40. The summed E-state index contributed by atoms with van der Waals surface area (Å²) >= 11 is 0. The molecule has 1 atom stereocenters. The van der Waals surface area contributed by atoms with Crippen LogP contribution in [-0.4, -0.2) is 63.7 Å². The van der Waals surface area contributed by atoms with E-state index in [4.69, 9.17) is 4.98 Å². The van der Waals surface area contributed by atoms with Gasteiger partial charge in [-0.05, 0) is 63.0 Å². The number of nitrogens with one attached hydrogen (secondary N) is 1. The summed E-state index contributed by atoms with van der Waals surface area (Å²) in [5.74, 6) is 0.618. The lowest BCUT2D eigenvalue weighted by Crippen LogP contribution is -2.37. The number of hydrogen-bond donors (Lipinski definition) is 1. The van der Waals surface area contributed by atoms with Gasteiger partial charge in [0.1, 0.15) is 5.82 Å². The minimum atomic E-state index is -0.152. The van der Waals surface area contributed by atoms with Gasteiger partial charge < -0.3 is 19.5 Å². The minimum Gasteiger partial charge on any atom is -0.349 e. The molecule has 0 bridgehead atoms. The Labute approximate surface area is 194 Å². The van der Waals surface area contributed by atoms with Crippen LogP contribution in [-0.2, 0) is 0 Å². The molecule has 2 saturated heterocycles. The van der Waals surface area contributed by atoms with Gasteiger partial charge in [-0.1, -0.05) is 30.7 Å². The molecule has 2 amide bonds. The van der Waals surface area contributed by atoms with Crippen LogP contribution in [0, 0.1) is 0 Å². The van der Waals surface area contributed by atoms with Crippen LogP contribution in [0.2, 0.25) is 0 Å². The number of carbonyl (C=O) groups excluding carboxylic acids is 2. The van der Waals surface area contributed by atoms with Gasteiger partial charge in [-0.2, -0.15) is 0 Å². The fraction of sp³-hybridized carbons (Fsp3) is 0.423. The Bertz CT molecular complexity index is 1120. The van der Waals surface area contributed by atoms with Crippen molar-refractivity contribution in [3.8, 4) is 0 Å². The van der Waals surface area contributed by atoms with Gasteiger partial charge in [0.2, 0.25) is 0 Å².